The van der Waals surface area contributed by atoms with E-state index in [9.17, 15) is 9.90 Å². The zero-order chi connectivity index (χ0) is 24.7. The third-order valence-corrected chi connectivity index (χ3v) is 6.05. The van der Waals surface area contributed by atoms with E-state index in [-0.39, 0.29) is 25.4 Å². The highest BCUT2D eigenvalue weighted by molar-refractivity contribution is 6.76. The molecule has 3 rings (SSSR count). The number of nitrogens with zero attached hydrogens (tertiary/aromatic N) is 1. The summed E-state index contributed by atoms with van der Waals surface area (Å²) in [6.45, 7) is 5.53. The Kier molecular flexibility index (Phi) is 9.80. The molecule has 1 amide bonds. The molecule has 0 radical (unpaired) electrons. The lowest BCUT2D eigenvalue weighted by atomic mass is 9.99. The lowest BCUT2D eigenvalue weighted by molar-refractivity contribution is -0.252. The van der Waals surface area contributed by atoms with Crippen molar-refractivity contribution >= 4 is 40.7 Å². The van der Waals surface area contributed by atoms with E-state index in [0.29, 0.717) is 6.42 Å². The Balaban J connectivity index is 1.73. The lowest BCUT2D eigenvalue weighted by Gasteiger charge is -2.37. The van der Waals surface area contributed by atoms with Crippen LogP contribution in [0.3, 0.4) is 0 Å². The molecule has 0 unspecified atom stereocenters. The minimum absolute atomic E-state index is 0.000971. The molecule has 0 spiro atoms. The maximum Gasteiger partial charge on any atom is 0.272 e. The summed E-state index contributed by atoms with van der Waals surface area (Å²) >= 11 is 16.8. The Bertz CT molecular complexity index is 948. The third-order valence-electron chi connectivity index (χ3n) is 5.53. The predicted octanol–water partition coefficient (Wildman–Crippen LogP) is 4.83. The van der Waals surface area contributed by atoms with Crippen molar-refractivity contribution in [1.82, 2.24) is 10.2 Å². The number of aliphatic hydroxyl groups is 1. The molecular weight excluding hydrogens is 499 g/mol. The van der Waals surface area contributed by atoms with Crippen molar-refractivity contribution in [2.24, 2.45) is 0 Å². The second kappa shape index (κ2) is 12.4. The average Bonchev–Trinajstić information content (AvgIpc) is 2.82. The summed E-state index contributed by atoms with van der Waals surface area (Å²) < 4.78 is 10.7. The molecule has 0 saturated carbocycles. The molecular formula is C25H29Cl3N2O4. The van der Waals surface area contributed by atoms with Crippen LogP contribution in [0.2, 0.25) is 0 Å². The van der Waals surface area contributed by atoms with Gasteiger partial charge in [-0.05, 0) is 23.7 Å². The summed E-state index contributed by atoms with van der Waals surface area (Å²) in [7, 11) is 2.03. The van der Waals surface area contributed by atoms with Gasteiger partial charge in [0, 0.05) is 31.6 Å². The Morgan fingerprint density at radius 1 is 1.12 bits per heavy atom. The monoisotopic (exact) mass is 526 g/mol. The first-order valence-corrected chi connectivity index (χ1v) is 12.1. The highest BCUT2D eigenvalue weighted by Gasteiger charge is 2.33. The molecule has 0 aliphatic carbocycles. The highest BCUT2D eigenvalue weighted by Crippen LogP contribution is 2.38. The van der Waals surface area contributed by atoms with E-state index >= 15 is 0 Å². The molecule has 3 atom stereocenters. The smallest absolute Gasteiger partial charge is 0.272 e. The molecule has 1 saturated heterocycles. The summed E-state index contributed by atoms with van der Waals surface area (Å²) in [6.07, 6.45) is 1.81. The maximum absolute atomic E-state index is 11.8. The number of nitrogens with one attached hydrogen (secondary N) is 1. The van der Waals surface area contributed by atoms with Crippen LogP contribution in [0.5, 0.6) is 0 Å². The number of alkyl halides is 3. The molecule has 6 nitrogen and oxygen atoms in total. The van der Waals surface area contributed by atoms with Crippen molar-refractivity contribution in [3.63, 3.8) is 0 Å². The van der Waals surface area contributed by atoms with E-state index in [2.05, 4.69) is 16.8 Å². The number of hydrogen-bond acceptors (Lipinski definition) is 5. The maximum atomic E-state index is 11.8. The number of rotatable bonds is 9. The van der Waals surface area contributed by atoms with Crippen LogP contribution < -0.4 is 5.32 Å². The summed E-state index contributed by atoms with van der Waals surface area (Å²) in [4.78, 5) is 13.9. The third kappa shape index (κ3) is 7.68. The van der Waals surface area contributed by atoms with Gasteiger partial charge in [0.05, 0.1) is 18.8 Å². The van der Waals surface area contributed by atoms with E-state index in [1.165, 1.54) is 0 Å². The molecule has 34 heavy (non-hydrogen) atoms. The fourth-order valence-corrected chi connectivity index (χ4v) is 3.95. The second-order valence-corrected chi connectivity index (χ2v) is 10.6. The zero-order valence-electron chi connectivity index (χ0n) is 18.9. The van der Waals surface area contributed by atoms with Gasteiger partial charge in [-0.2, -0.15) is 0 Å². The van der Waals surface area contributed by atoms with Crippen LogP contribution in [0.4, 0.5) is 0 Å². The summed E-state index contributed by atoms with van der Waals surface area (Å²) in [5, 5.41) is 11.9. The number of likely N-dealkylation sites (N-methyl/N-ethyl adjacent to an activating group) is 1. The summed E-state index contributed by atoms with van der Waals surface area (Å²) in [5.74, 6) is -0.679. The Hall–Kier alpha value is -1.64. The van der Waals surface area contributed by atoms with Gasteiger partial charge >= 0.3 is 0 Å². The first-order chi connectivity index (χ1) is 16.2. The highest BCUT2D eigenvalue weighted by atomic mass is 35.6. The largest absolute Gasteiger partial charge is 0.392 e. The number of halogens is 3. The van der Waals surface area contributed by atoms with Gasteiger partial charge in [0.1, 0.15) is 0 Å². The number of benzene rings is 2. The minimum atomic E-state index is -2.00. The summed E-state index contributed by atoms with van der Waals surface area (Å²) in [6, 6.07) is 15.3. The molecule has 1 heterocycles. The van der Waals surface area contributed by atoms with E-state index < -0.39 is 16.0 Å². The lowest BCUT2D eigenvalue weighted by Crippen LogP contribution is -2.37. The number of aliphatic hydroxyl groups excluding tert-OH is 1. The van der Waals surface area contributed by atoms with Gasteiger partial charge in [-0.3, -0.25) is 4.79 Å². The van der Waals surface area contributed by atoms with Gasteiger partial charge in [-0.1, -0.05) is 89.4 Å². The number of hydrogen-bond donors (Lipinski definition) is 2. The molecule has 184 valence electrons. The van der Waals surface area contributed by atoms with Gasteiger partial charge in [0.2, 0.25) is 0 Å². The number of carbonyl (C=O) groups is 1. The number of amides is 1. The van der Waals surface area contributed by atoms with Crippen LogP contribution in [0.15, 0.2) is 61.2 Å². The Morgan fingerprint density at radius 3 is 2.32 bits per heavy atom. The molecule has 2 aromatic carbocycles. The quantitative estimate of drug-likeness (QED) is 0.361. The molecule has 2 N–H and O–H groups in total. The molecule has 0 bridgehead atoms. The minimum Gasteiger partial charge on any atom is -0.392 e. The van der Waals surface area contributed by atoms with Crippen molar-refractivity contribution in [3.05, 3.63) is 83.4 Å². The van der Waals surface area contributed by atoms with Crippen LogP contribution in [-0.4, -0.2) is 45.9 Å². The van der Waals surface area contributed by atoms with E-state index in [1.807, 2.05) is 61.7 Å². The van der Waals surface area contributed by atoms with Gasteiger partial charge in [0.15, 0.2) is 6.29 Å². The van der Waals surface area contributed by atoms with Crippen molar-refractivity contribution < 1.29 is 19.4 Å². The van der Waals surface area contributed by atoms with Crippen molar-refractivity contribution in [2.75, 3.05) is 20.1 Å². The van der Waals surface area contributed by atoms with Gasteiger partial charge in [0.25, 0.3) is 9.70 Å². The SMILES string of the molecule is C=CCN(C)C[C@H]1C[C@@H](c2ccc(CO)cc2)O[C@@H](c2ccc(CNC(=O)C(Cl)(Cl)Cl)cc2)O1. The fraction of sp³-hybridized carbons (Fsp3) is 0.400. The second-order valence-electron chi connectivity index (χ2n) is 8.28. The zero-order valence-corrected chi connectivity index (χ0v) is 21.2. The van der Waals surface area contributed by atoms with Crippen molar-refractivity contribution in [3.8, 4) is 0 Å². The van der Waals surface area contributed by atoms with E-state index in [1.54, 1.807) is 0 Å². The van der Waals surface area contributed by atoms with Gasteiger partial charge in [-0.15, -0.1) is 6.58 Å². The molecule has 0 aromatic heterocycles. The normalized spacial score (nSPS) is 20.8. The van der Waals surface area contributed by atoms with Crippen LogP contribution in [0.25, 0.3) is 0 Å². The van der Waals surface area contributed by atoms with Crippen LogP contribution in [0.1, 0.15) is 41.1 Å². The number of ether oxygens (including phenoxy) is 2. The van der Waals surface area contributed by atoms with Gasteiger partial charge in [-0.25, -0.2) is 0 Å². The van der Waals surface area contributed by atoms with Gasteiger partial charge < -0.3 is 24.8 Å². The van der Waals surface area contributed by atoms with E-state index in [0.717, 1.165) is 35.3 Å². The first kappa shape index (κ1) is 27.0. The van der Waals surface area contributed by atoms with Crippen LogP contribution >= 0.6 is 34.8 Å². The van der Waals surface area contributed by atoms with Crippen LogP contribution in [-0.2, 0) is 27.4 Å². The standard InChI is InChI=1S/C25H29Cl3N2O4/c1-3-12-30(2)15-21-13-22(19-8-6-18(16-31)7-9-19)34-23(33-21)20-10-4-17(5-11-20)14-29-24(32)25(26,27)28/h3-11,21-23,31H,1,12-16H2,2H3,(H,29,32)/t21-,22+,23+/m1/s1. The fourth-order valence-electron chi connectivity index (χ4n) is 3.75. The molecule has 1 aliphatic heterocycles. The topological polar surface area (TPSA) is 71.0 Å². The van der Waals surface area contributed by atoms with E-state index in [4.69, 9.17) is 44.3 Å². The molecule has 9 heteroatoms. The average molecular weight is 528 g/mol. The Morgan fingerprint density at radius 2 is 1.74 bits per heavy atom. The number of carbonyl (C=O) groups excluding carboxylic acids is 1. The molecule has 2 aromatic rings. The Labute approximate surface area is 215 Å². The molecule has 1 aliphatic rings. The summed E-state index contributed by atoms with van der Waals surface area (Å²) in [5.41, 5.74) is 3.60. The van der Waals surface area contributed by atoms with Crippen molar-refractivity contribution in [1.29, 1.82) is 0 Å². The predicted molar refractivity (Wildman–Crippen MR) is 135 cm³/mol. The van der Waals surface area contributed by atoms with Crippen molar-refractivity contribution in [2.45, 2.75) is 41.9 Å². The first-order valence-electron chi connectivity index (χ1n) is 10.9. The molecule has 1 fully saturated rings. The van der Waals surface area contributed by atoms with Crippen LogP contribution in [0, 0.1) is 0 Å².